The Kier molecular flexibility index (Phi) is 3.24. The number of aliphatic hydroxyl groups is 1. The predicted molar refractivity (Wildman–Crippen MR) is 61.8 cm³/mol. The number of benzene rings is 1. The number of halogens is 1. The molecule has 1 N–H and O–H groups in total. The summed E-state index contributed by atoms with van der Waals surface area (Å²) in [4.78, 5) is 0. The smallest absolute Gasteiger partial charge is 0.0798 e. The second-order valence-electron chi connectivity index (χ2n) is 3.93. The molecule has 1 saturated carbocycles. The van der Waals surface area contributed by atoms with E-state index < -0.39 is 0 Å². The van der Waals surface area contributed by atoms with Gasteiger partial charge in [0.05, 0.1) is 6.10 Å². The summed E-state index contributed by atoms with van der Waals surface area (Å²) < 4.78 is 0. The average Bonchev–Trinajstić information content (AvgIpc) is 3.02. The maximum atomic E-state index is 9.74. The minimum Gasteiger partial charge on any atom is -0.388 e. The molecule has 0 spiro atoms. The lowest BCUT2D eigenvalue weighted by Crippen LogP contribution is -1.97. The number of hydrogen-bond donors (Lipinski definition) is 1. The van der Waals surface area contributed by atoms with Crippen molar-refractivity contribution in [2.75, 3.05) is 5.33 Å². The highest BCUT2D eigenvalue weighted by molar-refractivity contribution is 9.09. The van der Waals surface area contributed by atoms with Gasteiger partial charge in [-0.1, -0.05) is 40.2 Å². The van der Waals surface area contributed by atoms with E-state index in [1.165, 1.54) is 18.4 Å². The Balaban J connectivity index is 2.04. The Morgan fingerprint density at radius 1 is 1.29 bits per heavy atom. The first kappa shape index (κ1) is 10.2. The van der Waals surface area contributed by atoms with E-state index in [1.54, 1.807) is 0 Å². The van der Waals surface area contributed by atoms with Crippen LogP contribution in [0.15, 0.2) is 24.3 Å². The molecule has 0 aliphatic heterocycles. The van der Waals surface area contributed by atoms with Crippen LogP contribution in [0.1, 0.15) is 42.4 Å². The van der Waals surface area contributed by atoms with Crippen LogP contribution >= 0.6 is 15.9 Å². The second kappa shape index (κ2) is 4.45. The Labute approximate surface area is 93.3 Å². The summed E-state index contributed by atoms with van der Waals surface area (Å²) in [5.74, 6) is 0.803. The van der Waals surface area contributed by atoms with E-state index in [2.05, 4.69) is 40.2 Å². The molecule has 1 fully saturated rings. The molecule has 0 aromatic heterocycles. The fraction of sp³-hybridized carbons (Fsp3) is 0.500. The summed E-state index contributed by atoms with van der Waals surface area (Å²) in [5, 5.41) is 10.6. The quantitative estimate of drug-likeness (QED) is 0.818. The van der Waals surface area contributed by atoms with Crippen LogP contribution in [0.5, 0.6) is 0 Å². The van der Waals surface area contributed by atoms with Crippen LogP contribution in [0.2, 0.25) is 0 Å². The molecule has 0 amide bonds. The molecule has 2 heteroatoms. The Morgan fingerprint density at radius 2 is 1.93 bits per heavy atom. The molecule has 1 unspecified atom stereocenters. The summed E-state index contributed by atoms with van der Waals surface area (Å²) in [6.45, 7) is 0. The third kappa shape index (κ3) is 2.37. The summed E-state index contributed by atoms with van der Waals surface area (Å²) in [5.41, 5.74) is 2.47. The maximum absolute atomic E-state index is 9.74. The molecule has 0 radical (unpaired) electrons. The maximum Gasteiger partial charge on any atom is 0.0798 e. The molecule has 1 aliphatic rings. The lowest BCUT2D eigenvalue weighted by Gasteiger charge is -2.09. The highest BCUT2D eigenvalue weighted by atomic mass is 79.9. The highest BCUT2D eigenvalue weighted by Gasteiger charge is 2.23. The van der Waals surface area contributed by atoms with Crippen molar-refractivity contribution in [2.45, 2.75) is 31.3 Å². The van der Waals surface area contributed by atoms with Crippen molar-refractivity contribution >= 4 is 15.9 Å². The number of alkyl halides is 1. The van der Waals surface area contributed by atoms with Crippen molar-refractivity contribution in [1.82, 2.24) is 0 Å². The first-order valence-electron chi connectivity index (χ1n) is 5.15. The molecule has 2 rings (SSSR count). The van der Waals surface area contributed by atoms with E-state index >= 15 is 0 Å². The van der Waals surface area contributed by atoms with Gasteiger partial charge in [-0.25, -0.2) is 0 Å². The van der Waals surface area contributed by atoms with Crippen LogP contribution < -0.4 is 0 Å². The molecule has 1 nitrogen and oxygen atoms in total. The molecule has 0 saturated heterocycles. The van der Waals surface area contributed by atoms with Gasteiger partial charge in [0.1, 0.15) is 0 Å². The van der Waals surface area contributed by atoms with E-state index in [1.807, 2.05) is 0 Å². The van der Waals surface area contributed by atoms with Crippen molar-refractivity contribution < 1.29 is 5.11 Å². The van der Waals surface area contributed by atoms with Crippen LogP contribution in [-0.4, -0.2) is 10.4 Å². The van der Waals surface area contributed by atoms with E-state index in [4.69, 9.17) is 0 Å². The first-order chi connectivity index (χ1) is 6.81. The molecule has 14 heavy (non-hydrogen) atoms. The van der Waals surface area contributed by atoms with E-state index in [9.17, 15) is 5.11 Å². The van der Waals surface area contributed by atoms with Gasteiger partial charge in [-0.05, 0) is 36.3 Å². The molecule has 0 bridgehead atoms. The normalized spacial score (nSPS) is 18.1. The van der Waals surface area contributed by atoms with Crippen molar-refractivity contribution in [1.29, 1.82) is 0 Å². The van der Waals surface area contributed by atoms with E-state index in [0.717, 1.165) is 23.2 Å². The third-order valence-electron chi connectivity index (χ3n) is 2.75. The molecule has 0 heterocycles. The Morgan fingerprint density at radius 3 is 2.43 bits per heavy atom. The Hall–Kier alpha value is -0.340. The summed E-state index contributed by atoms with van der Waals surface area (Å²) in [7, 11) is 0. The summed E-state index contributed by atoms with van der Waals surface area (Å²) >= 11 is 3.33. The number of hydrogen-bond acceptors (Lipinski definition) is 1. The summed E-state index contributed by atoms with van der Waals surface area (Å²) in [6, 6.07) is 8.43. The van der Waals surface area contributed by atoms with Gasteiger partial charge in [0.25, 0.3) is 0 Å². The zero-order valence-electron chi connectivity index (χ0n) is 8.12. The van der Waals surface area contributed by atoms with Crippen molar-refractivity contribution in [3.05, 3.63) is 35.4 Å². The van der Waals surface area contributed by atoms with Crippen molar-refractivity contribution in [2.24, 2.45) is 0 Å². The predicted octanol–water partition coefficient (Wildman–Crippen LogP) is 3.38. The highest BCUT2D eigenvalue weighted by Crippen LogP contribution is 2.40. The zero-order valence-corrected chi connectivity index (χ0v) is 9.70. The van der Waals surface area contributed by atoms with Crippen LogP contribution in [0.4, 0.5) is 0 Å². The van der Waals surface area contributed by atoms with Gasteiger partial charge in [-0.3, -0.25) is 0 Å². The van der Waals surface area contributed by atoms with Gasteiger partial charge in [0.2, 0.25) is 0 Å². The monoisotopic (exact) mass is 254 g/mol. The minimum absolute atomic E-state index is 0.317. The zero-order chi connectivity index (χ0) is 9.97. The molecule has 1 aliphatic carbocycles. The van der Waals surface area contributed by atoms with E-state index in [-0.39, 0.29) is 6.10 Å². The molecule has 1 aromatic rings. The van der Waals surface area contributed by atoms with Gasteiger partial charge in [0.15, 0.2) is 0 Å². The Bertz CT molecular complexity index is 290. The minimum atomic E-state index is -0.317. The average molecular weight is 255 g/mol. The van der Waals surface area contributed by atoms with Crippen LogP contribution in [0.25, 0.3) is 0 Å². The number of rotatable bonds is 4. The largest absolute Gasteiger partial charge is 0.388 e. The van der Waals surface area contributed by atoms with Crippen LogP contribution in [0.3, 0.4) is 0 Å². The standard InChI is InChI=1S/C12H15BrO/c13-8-7-12(14)11-5-3-10(4-6-11)9-1-2-9/h3-6,9,12,14H,1-2,7-8H2. The molecule has 1 aromatic carbocycles. The fourth-order valence-electron chi connectivity index (χ4n) is 1.68. The third-order valence-corrected chi connectivity index (χ3v) is 3.21. The topological polar surface area (TPSA) is 20.2 Å². The SMILES string of the molecule is OC(CCBr)c1ccc(C2CC2)cc1. The van der Waals surface area contributed by atoms with Crippen LogP contribution in [0, 0.1) is 0 Å². The van der Waals surface area contributed by atoms with Gasteiger partial charge >= 0.3 is 0 Å². The van der Waals surface area contributed by atoms with Gasteiger partial charge < -0.3 is 5.11 Å². The van der Waals surface area contributed by atoms with Crippen LogP contribution in [-0.2, 0) is 0 Å². The van der Waals surface area contributed by atoms with E-state index in [0.29, 0.717) is 0 Å². The second-order valence-corrected chi connectivity index (χ2v) is 4.73. The lowest BCUT2D eigenvalue weighted by atomic mass is 10.0. The molecule has 1 atom stereocenters. The fourth-order valence-corrected chi connectivity index (χ4v) is 2.11. The van der Waals surface area contributed by atoms with Gasteiger partial charge in [-0.15, -0.1) is 0 Å². The van der Waals surface area contributed by atoms with Crippen molar-refractivity contribution in [3.8, 4) is 0 Å². The lowest BCUT2D eigenvalue weighted by molar-refractivity contribution is 0.175. The van der Waals surface area contributed by atoms with Gasteiger partial charge in [0, 0.05) is 5.33 Å². The molecular weight excluding hydrogens is 240 g/mol. The summed E-state index contributed by atoms with van der Waals surface area (Å²) in [6.07, 6.45) is 3.14. The molecule has 76 valence electrons. The first-order valence-corrected chi connectivity index (χ1v) is 6.27. The van der Waals surface area contributed by atoms with Crippen molar-refractivity contribution in [3.63, 3.8) is 0 Å². The van der Waals surface area contributed by atoms with Gasteiger partial charge in [-0.2, -0.15) is 0 Å². The number of aliphatic hydroxyl groups excluding tert-OH is 1. The molecular formula is C12H15BrO.